The molecule has 1 fully saturated rings. The average Bonchev–Trinajstić information content (AvgIpc) is 2.20. The van der Waals surface area contributed by atoms with Crippen LogP contribution in [0.3, 0.4) is 0 Å². The molecule has 88 valence electrons. The summed E-state index contributed by atoms with van der Waals surface area (Å²) in [4.78, 5) is 0. The Morgan fingerprint density at radius 3 is 2.44 bits per heavy atom. The minimum atomic E-state index is -0.0609. The lowest BCUT2D eigenvalue weighted by atomic mass is 10.0. The Balaban J connectivity index is 2.20. The van der Waals surface area contributed by atoms with Crippen molar-refractivity contribution in [2.24, 2.45) is 0 Å². The number of benzene rings is 1. The summed E-state index contributed by atoms with van der Waals surface area (Å²) in [6, 6.07) is 5.52. The molecule has 0 aliphatic carbocycles. The minimum Gasteiger partial charge on any atom is -0.370 e. The van der Waals surface area contributed by atoms with Crippen LogP contribution in [0.1, 0.15) is 25.5 Å². The lowest BCUT2D eigenvalue weighted by molar-refractivity contribution is -0.0227. The van der Waals surface area contributed by atoms with E-state index < -0.39 is 0 Å². The number of nitrogens with one attached hydrogen (secondary N) is 1. The summed E-state index contributed by atoms with van der Waals surface area (Å²) in [7, 11) is 0. The molecule has 2 nitrogen and oxygen atoms in total. The number of halogens is 2. The van der Waals surface area contributed by atoms with Gasteiger partial charge in [-0.2, -0.15) is 0 Å². The third-order valence-electron chi connectivity index (χ3n) is 2.73. The Labute approximate surface area is 106 Å². The van der Waals surface area contributed by atoms with Crippen molar-refractivity contribution in [3.63, 3.8) is 0 Å². The zero-order valence-electron chi connectivity index (χ0n) is 9.39. The van der Waals surface area contributed by atoms with E-state index in [4.69, 9.17) is 27.9 Å². The lowest BCUT2D eigenvalue weighted by Gasteiger charge is -2.36. The van der Waals surface area contributed by atoms with Crippen molar-refractivity contribution in [1.82, 2.24) is 5.32 Å². The van der Waals surface area contributed by atoms with E-state index in [2.05, 4.69) is 19.2 Å². The summed E-state index contributed by atoms with van der Waals surface area (Å²) in [5, 5.41) is 4.75. The molecule has 1 unspecified atom stereocenters. The molecule has 1 atom stereocenters. The highest BCUT2D eigenvalue weighted by atomic mass is 35.5. The normalized spacial score (nSPS) is 24.4. The summed E-state index contributed by atoms with van der Waals surface area (Å²) >= 11 is 12.3. The van der Waals surface area contributed by atoms with Crippen LogP contribution >= 0.6 is 23.2 Å². The number of ether oxygens (including phenoxy) is 1. The highest BCUT2D eigenvalue weighted by Crippen LogP contribution is 2.34. The fourth-order valence-electron chi connectivity index (χ4n) is 1.79. The summed E-state index contributed by atoms with van der Waals surface area (Å²) in [6.45, 7) is 5.60. The van der Waals surface area contributed by atoms with Crippen LogP contribution < -0.4 is 5.32 Å². The summed E-state index contributed by atoms with van der Waals surface area (Å²) in [5.74, 6) is 0. The van der Waals surface area contributed by atoms with Crippen molar-refractivity contribution in [2.75, 3.05) is 13.2 Å². The van der Waals surface area contributed by atoms with Gasteiger partial charge >= 0.3 is 0 Å². The van der Waals surface area contributed by atoms with E-state index in [0.717, 1.165) is 12.1 Å². The fourth-order valence-corrected chi connectivity index (χ4v) is 2.43. The summed E-state index contributed by atoms with van der Waals surface area (Å²) < 4.78 is 5.81. The molecule has 1 aliphatic heterocycles. The van der Waals surface area contributed by atoms with Gasteiger partial charge in [-0.3, -0.25) is 0 Å². The Kier molecular flexibility index (Phi) is 3.45. The second kappa shape index (κ2) is 4.53. The van der Waals surface area contributed by atoms with Gasteiger partial charge in [0.25, 0.3) is 0 Å². The molecule has 1 saturated heterocycles. The molecule has 1 heterocycles. The Hall–Kier alpha value is -0.280. The van der Waals surface area contributed by atoms with Gasteiger partial charge in [-0.1, -0.05) is 29.3 Å². The van der Waals surface area contributed by atoms with Crippen LogP contribution in [0.2, 0.25) is 10.0 Å². The second-order valence-corrected chi connectivity index (χ2v) is 5.51. The predicted octanol–water partition coefficient (Wildman–Crippen LogP) is 3.43. The largest absolute Gasteiger partial charge is 0.370 e. The van der Waals surface area contributed by atoms with Gasteiger partial charge in [0.1, 0.15) is 0 Å². The maximum atomic E-state index is 6.14. The Morgan fingerprint density at radius 2 is 1.94 bits per heavy atom. The molecule has 1 aliphatic rings. The molecule has 1 aromatic carbocycles. The first kappa shape index (κ1) is 12.2. The Bertz CT molecular complexity index is 362. The molecule has 0 radical (unpaired) electrons. The predicted molar refractivity (Wildman–Crippen MR) is 67.2 cm³/mol. The van der Waals surface area contributed by atoms with Gasteiger partial charge in [0, 0.05) is 27.7 Å². The summed E-state index contributed by atoms with van der Waals surface area (Å²) in [5.41, 5.74) is 0.901. The fraction of sp³-hybridized carbons (Fsp3) is 0.500. The van der Waals surface area contributed by atoms with Crippen LogP contribution in [0.25, 0.3) is 0 Å². The minimum absolute atomic E-state index is 0.0181. The summed E-state index contributed by atoms with van der Waals surface area (Å²) in [6.07, 6.45) is -0.0609. The molecule has 0 bridgehead atoms. The molecule has 4 heteroatoms. The van der Waals surface area contributed by atoms with Crippen molar-refractivity contribution < 1.29 is 4.74 Å². The van der Waals surface area contributed by atoms with Crippen LogP contribution in [0.4, 0.5) is 0 Å². The molecule has 1 aromatic rings. The lowest BCUT2D eigenvalue weighted by Crippen LogP contribution is -2.50. The molecule has 2 rings (SSSR count). The smallest absolute Gasteiger partial charge is 0.0979 e. The van der Waals surface area contributed by atoms with Crippen LogP contribution in [0.15, 0.2) is 18.2 Å². The molecule has 16 heavy (non-hydrogen) atoms. The van der Waals surface area contributed by atoms with E-state index in [1.54, 1.807) is 0 Å². The van der Waals surface area contributed by atoms with Crippen molar-refractivity contribution >= 4 is 23.2 Å². The quantitative estimate of drug-likeness (QED) is 0.835. The highest BCUT2D eigenvalue weighted by molar-refractivity contribution is 6.36. The first-order valence-electron chi connectivity index (χ1n) is 5.30. The third-order valence-corrected chi connectivity index (χ3v) is 3.39. The number of morpholine rings is 1. The number of hydrogen-bond donors (Lipinski definition) is 1. The molecule has 0 saturated carbocycles. The van der Waals surface area contributed by atoms with E-state index in [1.807, 2.05) is 18.2 Å². The van der Waals surface area contributed by atoms with Gasteiger partial charge in [-0.25, -0.2) is 0 Å². The van der Waals surface area contributed by atoms with Gasteiger partial charge in [0.05, 0.1) is 12.7 Å². The molecule has 0 aromatic heterocycles. The Morgan fingerprint density at radius 1 is 1.31 bits per heavy atom. The van der Waals surface area contributed by atoms with Gasteiger partial charge < -0.3 is 10.1 Å². The SMILES string of the molecule is CC1(C)COC(c2c(Cl)cccc2Cl)CN1. The van der Waals surface area contributed by atoms with Crippen molar-refractivity contribution in [1.29, 1.82) is 0 Å². The first-order chi connectivity index (χ1) is 7.49. The molecule has 0 amide bonds. The molecular formula is C12H15Cl2NO. The maximum absolute atomic E-state index is 6.14. The maximum Gasteiger partial charge on any atom is 0.0979 e. The van der Waals surface area contributed by atoms with E-state index in [1.165, 1.54) is 0 Å². The zero-order valence-corrected chi connectivity index (χ0v) is 10.9. The average molecular weight is 260 g/mol. The third kappa shape index (κ3) is 2.51. The second-order valence-electron chi connectivity index (χ2n) is 4.70. The van der Waals surface area contributed by atoms with Crippen molar-refractivity contribution in [3.8, 4) is 0 Å². The first-order valence-corrected chi connectivity index (χ1v) is 6.06. The van der Waals surface area contributed by atoms with E-state index in [-0.39, 0.29) is 11.6 Å². The van der Waals surface area contributed by atoms with Gasteiger partial charge in [-0.05, 0) is 26.0 Å². The van der Waals surface area contributed by atoms with Crippen LogP contribution in [-0.2, 0) is 4.74 Å². The molecule has 0 spiro atoms. The van der Waals surface area contributed by atoms with Gasteiger partial charge in [0.2, 0.25) is 0 Å². The van der Waals surface area contributed by atoms with Crippen LogP contribution in [-0.4, -0.2) is 18.7 Å². The topological polar surface area (TPSA) is 21.3 Å². The molecule has 1 N–H and O–H groups in total. The monoisotopic (exact) mass is 259 g/mol. The standard InChI is InChI=1S/C12H15Cl2NO/c1-12(2)7-16-10(6-15-12)11-8(13)4-3-5-9(11)14/h3-5,10,15H,6-7H2,1-2H3. The number of rotatable bonds is 1. The van der Waals surface area contributed by atoms with E-state index in [9.17, 15) is 0 Å². The van der Waals surface area contributed by atoms with Crippen LogP contribution in [0, 0.1) is 0 Å². The highest BCUT2D eigenvalue weighted by Gasteiger charge is 2.29. The van der Waals surface area contributed by atoms with Gasteiger partial charge in [-0.15, -0.1) is 0 Å². The molecular weight excluding hydrogens is 245 g/mol. The van der Waals surface area contributed by atoms with Crippen LogP contribution in [0.5, 0.6) is 0 Å². The van der Waals surface area contributed by atoms with E-state index >= 15 is 0 Å². The zero-order chi connectivity index (χ0) is 11.8. The van der Waals surface area contributed by atoms with E-state index in [0.29, 0.717) is 16.7 Å². The number of hydrogen-bond acceptors (Lipinski definition) is 2. The van der Waals surface area contributed by atoms with Crippen molar-refractivity contribution in [3.05, 3.63) is 33.8 Å². The van der Waals surface area contributed by atoms with Gasteiger partial charge in [0.15, 0.2) is 0 Å². The van der Waals surface area contributed by atoms with Crippen molar-refractivity contribution in [2.45, 2.75) is 25.5 Å².